The van der Waals surface area contributed by atoms with E-state index in [0.717, 1.165) is 12.8 Å². The molecule has 0 aromatic heterocycles. The minimum absolute atomic E-state index is 0.0177. The Bertz CT molecular complexity index is 330. The quantitative estimate of drug-likeness (QED) is 0.514. The first-order chi connectivity index (χ1) is 8.27. The molecule has 0 amide bonds. The van der Waals surface area contributed by atoms with Crippen LogP contribution < -0.4 is 0 Å². The summed E-state index contributed by atoms with van der Waals surface area (Å²) < 4.78 is 10.0. The molecule has 0 atom stereocenters. The summed E-state index contributed by atoms with van der Waals surface area (Å²) >= 11 is 0. The number of hydrogen-bond donors (Lipinski definition) is 0. The topological polar surface area (TPSA) is 35.5 Å². The van der Waals surface area contributed by atoms with Crippen LogP contribution in [0.25, 0.3) is 0 Å². The predicted octanol–water partition coefficient (Wildman–Crippen LogP) is 2.48. The van der Waals surface area contributed by atoms with E-state index in [1.165, 1.54) is 5.56 Å². The van der Waals surface area contributed by atoms with Gasteiger partial charge in [-0.25, -0.2) is 0 Å². The van der Waals surface area contributed by atoms with Gasteiger partial charge in [0.05, 0.1) is 13.2 Å². The molecule has 3 heteroatoms. The smallest absolute Gasteiger partial charge is 0.188 e. The summed E-state index contributed by atoms with van der Waals surface area (Å²) in [4.78, 5) is 11.7. The number of aryl methyl sites for hydroxylation is 1. The molecular formula is C14H20O3. The number of ketones is 1. The third kappa shape index (κ3) is 5.11. The van der Waals surface area contributed by atoms with Crippen molar-refractivity contribution in [3.05, 3.63) is 35.4 Å². The number of ether oxygens (including phenoxy) is 2. The van der Waals surface area contributed by atoms with Gasteiger partial charge in [-0.1, -0.05) is 37.6 Å². The highest BCUT2D eigenvalue weighted by Gasteiger charge is 2.05. The fraction of sp³-hybridized carbons (Fsp3) is 0.500. The Morgan fingerprint density at radius 3 is 2.47 bits per heavy atom. The Hall–Kier alpha value is -1.19. The van der Waals surface area contributed by atoms with Crippen molar-refractivity contribution in [3.8, 4) is 0 Å². The third-order valence-corrected chi connectivity index (χ3v) is 2.48. The highest BCUT2D eigenvalue weighted by atomic mass is 16.5. The number of carbonyl (C=O) groups excluding carboxylic acids is 1. The van der Waals surface area contributed by atoms with Crippen LogP contribution in [0.5, 0.6) is 0 Å². The zero-order valence-electron chi connectivity index (χ0n) is 10.6. The number of hydrogen-bond acceptors (Lipinski definition) is 3. The highest BCUT2D eigenvalue weighted by molar-refractivity contribution is 5.97. The van der Waals surface area contributed by atoms with Crippen LogP contribution in [0.2, 0.25) is 0 Å². The van der Waals surface area contributed by atoms with E-state index in [2.05, 4.69) is 6.92 Å². The van der Waals surface area contributed by atoms with Gasteiger partial charge in [0.25, 0.3) is 0 Å². The Morgan fingerprint density at radius 1 is 1.18 bits per heavy atom. The predicted molar refractivity (Wildman–Crippen MR) is 67.5 cm³/mol. The lowest BCUT2D eigenvalue weighted by atomic mass is 10.1. The summed E-state index contributed by atoms with van der Waals surface area (Å²) in [5, 5.41) is 0. The maximum Gasteiger partial charge on any atom is 0.188 e. The number of Topliss-reactive ketones (excluding diaryl/α,β-unsaturated/α-hetero) is 1. The van der Waals surface area contributed by atoms with E-state index in [4.69, 9.17) is 9.47 Å². The number of carbonyl (C=O) groups is 1. The molecule has 0 heterocycles. The molecule has 94 valence electrons. The van der Waals surface area contributed by atoms with Crippen molar-refractivity contribution in [1.82, 2.24) is 0 Å². The average molecular weight is 236 g/mol. The molecule has 3 nitrogen and oxygen atoms in total. The second kappa shape index (κ2) is 7.98. The van der Waals surface area contributed by atoms with Crippen molar-refractivity contribution in [2.45, 2.75) is 19.8 Å². The maximum absolute atomic E-state index is 11.7. The highest BCUT2D eigenvalue weighted by Crippen LogP contribution is 2.07. The van der Waals surface area contributed by atoms with Crippen LogP contribution in [0, 0.1) is 0 Å². The van der Waals surface area contributed by atoms with Crippen LogP contribution >= 0.6 is 0 Å². The summed E-state index contributed by atoms with van der Waals surface area (Å²) in [6, 6.07) is 7.75. The minimum atomic E-state index is 0.0177. The molecule has 17 heavy (non-hydrogen) atoms. The van der Waals surface area contributed by atoms with E-state index in [0.29, 0.717) is 18.8 Å². The van der Waals surface area contributed by atoms with Gasteiger partial charge >= 0.3 is 0 Å². The summed E-state index contributed by atoms with van der Waals surface area (Å²) in [7, 11) is 1.61. The molecule has 0 aliphatic rings. The van der Waals surface area contributed by atoms with E-state index in [1.807, 2.05) is 24.3 Å². The van der Waals surface area contributed by atoms with E-state index in [9.17, 15) is 4.79 Å². The fourth-order valence-electron chi connectivity index (χ4n) is 1.54. The molecule has 1 aromatic carbocycles. The third-order valence-electron chi connectivity index (χ3n) is 2.48. The van der Waals surface area contributed by atoms with Crippen molar-refractivity contribution in [2.24, 2.45) is 0 Å². The van der Waals surface area contributed by atoms with E-state index >= 15 is 0 Å². The molecule has 0 saturated carbocycles. The van der Waals surface area contributed by atoms with Gasteiger partial charge in [0.1, 0.15) is 6.61 Å². The normalized spacial score (nSPS) is 10.5. The van der Waals surface area contributed by atoms with E-state index in [1.54, 1.807) is 7.11 Å². The number of rotatable bonds is 8. The van der Waals surface area contributed by atoms with E-state index in [-0.39, 0.29) is 12.4 Å². The Morgan fingerprint density at radius 2 is 1.88 bits per heavy atom. The first-order valence-corrected chi connectivity index (χ1v) is 5.96. The van der Waals surface area contributed by atoms with Crippen molar-refractivity contribution >= 4 is 5.78 Å². The van der Waals surface area contributed by atoms with Crippen LogP contribution in [0.1, 0.15) is 29.3 Å². The van der Waals surface area contributed by atoms with Crippen molar-refractivity contribution < 1.29 is 14.3 Å². The maximum atomic E-state index is 11.7. The van der Waals surface area contributed by atoms with Gasteiger partial charge in [-0.05, 0) is 12.0 Å². The van der Waals surface area contributed by atoms with Gasteiger partial charge < -0.3 is 9.47 Å². The van der Waals surface area contributed by atoms with Gasteiger partial charge in [0.15, 0.2) is 5.78 Å². The molecule has 1 rings (SSSR count). The van der Waals surface area contributed by atoms with E-state index < -0.39 is 0 Å². The van der Waals surface area contributed by atoms with Gasteiger partial charge in [-0.3, -0.25) is 4.79 Å². The Labute approximate surface area is 103 Å². The lowest BCUT2D eigenvalue weighted by molar-refractivity contribution is 0.0577. The first-order valence-electron chi connectivity index (χ1n) is 5.96. The van der Waals surface area contributed by atoms with Crippen LogP contribution in [0.15, 0.2) is 24.3 Å². The summed E-state index contributed by atoms with van der Waals surface area (Å²) in [5.74, 6) is 0.0177. The number of methoxy groups -OCH3 is 1. The molecule has 0 aliphatic heterocycles. The molecule has 0 N–H and O–H groups in total. The monoisotopic (exact) mass is 236 g/mol. The zero-order chi connectivity index (χ0) is 12.5. The van der Waals surface area contributed by atoms with Gasteiger partial charge in [-0.15, -0.1) is 0 Å². The second-order valence-electron chi connectivity index (χ2n) is 3.92. The molecule has 0 fully saturated rings. The first kappa shape index (κ1) is 13.9. The SMILES string of the molecule is CCCc1ccc(C(=O)COCCOC)cc1. The van der Waals surface area contributed by atoms with Gasteiger partial charge in [0.2, 0.25) is 0 Å². The Balaban J connectivity index is 2.40. The molecule has 1 aromatic rings. The molecular weight excluding hydrogens is 216 g/mol. The lowest BCUT2D eigenvalue weighted by Gasteiger charge is -2.04. The van der Waals surface area contributed by atoms with Crippen LogP contribution in [0.4, 0.5) is 0 Å². The molecule has 0 saturated heterocycles. The molecule has 0 bridgehead atoms. The molecule has 0 spiro atoms. The van der Waals surface area contributed by atoms with Crippen LogP contribution in [0.3, 0.4) is 0 Å². The van der Waals surface area contributed by atoms with Gasteiger partial charge in [0, 0.05) is 12.7 Å². The summed E-state index contributed by atoms with van der Waals surface area (Å²) in [6.07, 6.45) is 2.17. The summed E-state index contributed by atoms with van der Waals surface area (Å²) in [5.41, 5.74) is 1.98. The molecule has 0 radical (unpaired) electrons. The summed E-state index contributed by atoms with van der Waals surface area (Å²) in [6.45, 7) is 3.23. The van der Waals surface area contributed by atoms with Crippen molar-refractivity contribution in [3.63, 3.8) is 0 Å². The van der Waals surface area contributed by atoms with Crippen molar-refractivity contribution in [1.29, 1.82) is 0 Å². The second-order valence-corrected chi connectivity index (χ2v) is 3.92. The van der Waals surface area contributed by atoms with Crippen LogP contribution in [-0.2, 0) is 15.9 Å². The van der Waals surface area contributed by atoms with Gasteiger partial charge in [-0.2, -0.15) is 0 Å². The standard InChI is InChI=1S/C14H20O3/c1-3-4-12-5-7-13(8-6-12)14(15)11-17-10-9-16-2/h5-8H,3-4,9-11H2,1-2H3. The van der Waals surface area contributed by atoms with Crippen molar-refractivity contribution in [2.75, 3.05) is 26.9 Å². The average Bonchev–Trinajstić information content (AvgIpc) is 2.36. The number of benzene rings is 1. The fourth-order valence-corrected chi connectivity index (χ4v) is 1.54. The Kier molecular flexibility index (Phi) is 6.51. The largest absolute Gasteiger partial charge is 0.382 e. The van der Waals surface area contributed by atoms with Crippen LogP contribution in [-0.4, -0.2) is 32.7 Å². The minimum Gasteiger partial charge on any atom is -0.382 e. The lowest BCUT2D eigenvalue weighted by Crippen LogP contribution is -2.12. The molecule has 0 aliphatic carbocycles. The zero-order valence-corrected chi connectivity index (χ0v) is 10.6. The molecule has 0 unspecified atom stereocenters.